The van der Waals surface area contributed by atoms with Crippen molar-refractivity contribution in [1.29, 1.82) is 0 Å². The van der Waals surface area contributed by atoms with Gasteiger partial charge in [-0.05, 0) is 31.5 Å². The predicted octanol–water partition coefficient (Wildman–Crippen LogP) is 3.43. The standard InChI is InChI=1S/C22H24F2N4O2/c1-15(20-7-4-16(11-26-20)8-9-21(2,3)29)22(30,12-28-14-25-13-27-28)18-6-5-17(23)10-19(18)24/h4-11,13-15,29-30H,12H2,1-3H3/t15-,22+/m1/s1. The van der Waals surface area contributed by atoms with E-state index in [0.717, 1.165) is 17.7 Å². The fourth-order valence-corrected chi connectivity index (χ4v) is 3.17. The maximum absolute atomic E-state index is 14.6. The summed E-state index contributed by atoms with van der Waals surface area (Å²) in [6, 6.07) is 6.60. The number of benzene rings is 1. The average molecular weight is 414 g/mol. The lowest BCUT2D eigenvalue weighted by molar-refractivity contribution is -0.0123. The second kappa shape index (κ2) is 8.41. The number of halogens is 2. The summed E-state index contributed by atoms with van der Waals surface area (Å²) in [4.78, 5) is 8.28. The lowest BCUT2D eigenvalue weighted by Gasteiger charge is -2.34. The van der Waals surface area contributed by atoms with E-state index in [4.69, 9.17) is 0 Å². The first-order valence-corrected chi connectivity index (χ1v) is 9.46. The molecule has 0 saturated heterocycles. The molecule has 3 rings (SSSR count). The molecule has 0 aliphatic rings. The first kappa shape index (κ1) is 21.7. The number of pyridine rings is 1. The van der Waals surface area contributed by atoms with Crippen LogP contribution in [0.4, 0.5) is 8.78 Å². The molecule has 0 spiro atoms. The molecule has 2 heterocycles. The van der Waals surface area contributed by atoms with Gasteiger partial charge in [0, 0.05) is 29.4 Å². The third-order valence-electron chi connectivity index (χ3n) is 4.92. The summed E-state index contributed by atoms with van der Waals surface area (Å²) in [5.74, 6) is -2.24. The Hall–Kier alpha value is -2.97. The van der Waals surface area contributed by atoms with Gasteiger partial charge in [0.2, 0.25) is 0 Å². The van der Waals surface area contributed by atoms with Gasteiger partial charge in [0.15, 0.2) is 0 Å². The van der Waals surface area contributed by atoms with Gasteiger partial charge in [-0.3, -0.25) is 4.98 Å². The molecule has 0 amide bonds. The van der Waals surface area contributed by atoms with Crippen molar-refractivity contribution in [3.63, 3.8) is 0 Å². The van der Waals surface area contributed by atoms with Gasteiger partial charge in [-0.15, -0.1) is 0 Å². The van der Waals surface area contributed by atoms with Gasteiger partial charge in [-0.25, -0.2) is 18.4 Å². The quantitative estimate of drug-likeness (QED) is 0.619. The molecule has 0 aliphatic carbocycles. The highest BCUT2D eigenvalue weighted by Crippen LogP contribution is 2.39. The first-order chi connectivity index (χ1) is 14.1. The van der Waals surface area contributed by atoms with Crippen molar-refractivity contribution < 1.29 is 19.0 Å². The second-order valence-corrected chi connectivity index (χ2v) is 7.87. The second-order valence-electron chi connectivity index (χ2n) is 7.87. The zero-order valence-electron chi connectivity index (χ0n) is 17.0. The average Bonchev–Trinajstić information content (AvgIpc) is 3.18. The van der Waals surface area contributed by atoms with Crippen LogP contribution in [0.25, 0.3) is 6.08 Å². The van der Waals surface area contributed by atoms with Crippen LogP contribution in [0.5, 0.6) is 0 Å². The summed E-state index contributed by atoms with van der Waals surface area (Å²) >= 11 is 0. The molecular weight excluding hydrogens is 390 g/mol. The Morgan fingerprint density at radius 3 is 2.50 bits per heavy atom. The molecule has 2 N–H and O–H groups in total. The van der Waals surface area contributed by atoms with Gasteiger partial charge < -0.3 is 10.2 Å². The van der Waals surface area contributed by atoms with E-state index >= 15 is 0 Å². The number of aromatic nitrogens is 4. The molecule has 30 heavy (non-hydrogen) atoms. The lowest BCUT2D eigenvalue weighted by atomic mass is 9.79. The molecule has 158 valence electrons. The highest BCUT2D eigenvalue weighted by Gasteiger charge is 2.40. The van der Waals surface area contributed by atoms with Crippen molar-refractivity contribution in [3.8, 4) is 0 Å². The number of hydrogen-bond acceptors (Lipinski definition) is 5. The number of hydrogen-bond donors (Lipinski definition) is 2. The van der Waals surface area contributed by atoms with E-state index in [1.54, 1.807) is 51.3 Å². The van der Waals surface area contributed by atoms with E-state index < -0.39 is 28.8 Å². The van der Waals surface area contributed by atoms with Crippen LogP contribution in [0.2, 0.25) is 0 Å². The maximum Gasteiger partial charge on any atom is 0.137 e. The van der Waals surface area contributed by atoms with Crippen molar-refractivity contribution in [1.82, 2.24) is 19.7 Å². The summed E-state index contributed by atoms with van der Waals surface area (Å²) in [7, 11) is 0. The van der Waals surface area contributed by atoms with Gasteiger partial charge >= 0.3 is 0 Å². The molecule has 8 heteroatoms. The van der Waals surface area contributed by atoms with E-state index in [0.29, 0.717) is 5.69 Å². The first-order valence-electron chi connectivity index (χ1n) is 9.46. The van der Waals surface area contributed by atoms with Crippen molar-refractivity contribution in [2.45, 2.75) is 44.4 Å². The van der Waals surface area contributed by atoms with E-state index in [9.17, 15) is 19.0 Å². The van der Waals surface area contributed by atoms with E-state index in [1.807, 2.05) is 0 Å². The van der Waals surface area contributed by atoms with Crippen molar-refractivity contribution in [3.05, 3.63) is 83.7 Å². The fraction of sp³-hybridized carbons (Fsp3) is 0.318. The Morgan fingerprint density at radius 2 is 1.93 bits per heavy atom. The van der Waals surface area contributed by atoms with Gasteiger partial charge in [0.05, 0.1) is 12.1 Å². The molecular formula is C22H24F2N4O2. The smallest absolute Gasteiger partial charge is 0.137 e. The van der Waals surface area contributed by atoms with E-state index in [1.165, 1.54) is 23.4 Å². The Balaban J connectivity index is 1.98. The molecule has 0 fully saturated rings. The van der Waals surface area contributed by atoms with Crippen molar-refractivity contribution >= 4 is 6.08 Å². The minimum absolute atomic E-state index is 0.0558. The summed E-state index contributed by atoms with van der Waals surface area (Å²) in [5, 5.41) is 25.4. The lowest BCUT2D eigenvalue weighted by Crippen LogP contribution is -2.38. The van der Waals surface area contributed by atoms with Gasteiger partial charge in [-0.1, -0.05) is 31.2 Å². The molecule has 6 nitrogen and oxygen atoms in total. The Morgan fingerprint density at radius 1 is 1.17 bits per heavy atom. The number of rotatable bonds is 7. The zero-order valence-corrected chi connectivity index (χ0v) is 17.0. The summed E-state index contributed by atoms with van der Waals surface area (Å²) in [6.07, 6.45) is 7.71. The monoisotopic (exact) mass is 414 g/mol. The summed E-state index contributed by atoms with van der Waals surface area (Å²) < 4.78 is 29.5. The Kier molecular flexibility index (Phi) is 6.09. The Bertz CT molecular complexity index is 1010. The predicted molar refractivity (Wildman–Crippen MR) is 108 cm³/mol. The van der Waals surface area contributed by atoms with Crippen LogP contribution >= 0.6 is 0 Å². The topological polar surface area (TPSA) is 84.1 Å². The van der Waals surface area contributed by atoms with Crippen molar-refractivity contribution in [2.24, 2.45) is 0 Å². The van der Waals surface area contributed by atoms with Gasteiger partial charge in [-0.2, -0.15) is 5.10 Å². The molecule has 2 aromatic heterocycles. The summed E-state index contributed by atoms with van der Waals surface area (Å²) in [5.41, 5.74) is -1.49. The van der Waals surface area contributed by atoms with E-state index in [-0.39, 0.29) is 12.1 Å². The van der Waals surface area contributed by atoms with Crippen LogP contribution in [0, 0.1) is 11.6 Å². The molecule has 3 aromatic rings. The highest BCUT2D eigenvalue weighted by atomic mass is 19.1. The van der Waals surface area contributed by atoms with Crippen LogP contribution in [0.1, 0.15) is 43.5 Å². The SMILES string of the molecule is C[C@H](c1ccc(C=CC(C)(C)O)cn1)[C@@](O)(Cn1cncn1)c1ccc(F)cc1F. The van der Waals surface area contributed by atoms with Gasteiger partial charge in [0.1, 0.15) is 29.9 Å². The van der Waals surface area contributed by atoms with Gasteiger partial charge in [0.25, 0.3) is 0 Å². The normalized spacial score (nSPS) is 15.3. The maximum atomic E-state index is 14.6. The molecule has 0 unspecified atom stereocenters. The Labute approximate surface area is 173 Å². The van der Waals surface area contributed by atoms with Crippen LogP contribution < -0.4 is 0 Å². The largest absolute Gasteiger partial charge is 0.386 e. The number of aliphatic hydroxyl groups is 2. The van der Waals surface area contributed by atoms with Crippen LogP contribution in [0.3, 0.4) is 0 Å². The molecule has 0 aliphatic heterocycles. The molecule has 1 aromatic carbocycles. The third kappa shape index (κ3) is 4.95. The molecule has 0 saturated carbocycles. The van der Waals surface area contributed by atoms with E-state index in [2.05, 4.69) is 15.1 Å². The molecule has 2 atom stereocenters. The molecule has 0 bridgehead atoms. The zero-order chi connectivity index (χ0) is 21.9. The third-order valence-corrected chi connectivity index (χ3v) is 4.92. The van der Waals surface area contributed by atoms with Crippen molar-refractivity contribution in [2.75, 3.05) is 0 Å². The molecule has 0 radical (unpaired) electrons. The minimum Gasteiger partial charge on any atom is -0.386 e. The number of nitrogens with zero attached hydrogens (tertiary/aromatic N) is 4. The highest BCUT2D eigenvalue weighted by molar-refractivity contribution is 5.49. The van der Waals surface area contributed by atoms with Crippen LogP contribution in [-0.4, -0.2) is 35.6 Å². The van der Waals surface area contributed by atoms with Crippen LogP contribution in [0.15, 0.2) is 55.3 Å². The minimum atomic E-state index is -1.76. The van der Waals surface area contributed by atoms with Crippen LogP contribution in [-0.2, 0) is 12.1 Å². The summed E-state index contributed by atoms with van der Waals surface area (Å²) in [6.45, 7) is 4.94. The fourth-order valence-electron chi connectivity index (χ4n) is 3.17.